The first-order valence-electron chi connectivity index (χ1n) is 6.78. The van der Waals surface area contributed by atoms with Crippen LogP contribution in [0.15, 0.2) is 22.7 Å². The van der Waals surface area contributed by atoms with Gasteiger partial charge in [-0.1, -0.05) is 13.3 Å². The van der Waals surface area contributed by atoms with Crippen LogP contribution in [0.2, 0.25) is 0 Å². The summed E-state index contributed by atoms with van der Waals surface area (Å²) in [5.74, 6) is 1.66. The van der Waals surface area contributed by atoms with Gasteiger partial charge in [0.2, 0.25) is 0 Å². The number of hydrogen-bond donors (Lipinski definition) is 0. The number of nitrogens with zero attached hydrogens (tertiary/aromatic N) is 1. The highest BCUT2D eigenvalue weighted by Crippen LogP contribution is 2.27. The van der Waals surface area contributed by atoms with Crippen LogP contribution in [0, 0.1) is 5.92 Å². The summed E-state index contributed by atoms with van der Waals surface area (Å²) in [6, 6.07) is 5.50. The molecule has 0 aromatic heterocycles. The normalized spacial score (nSPS) is 16.5. The van der Waals surface area contributed by atoms with Gasteiger partial charge in [0.15, 0.2) is 0 Å². The molecular weight excluding hydrogens is 306 g/mol. The zero-order chi connectivity index (χ0) is 13.8. The Bertz CT molecular complexity index is 453. The number of hydrogen-bond acceptors (Lipinski definition) is 2. The summed E-state index contributed by atoms with van der Waals surface area (Å²) in [5, 5.41) is 0. The second kappa shape index (κ2) is 6.42. The van der Waals surface area contributed by atoms with Crippen molar-refractivity contribution in [1.29, 1.82) is 0 Å². The molecule has 104 valence electrons. The molecule has 1 aliphatic rings. The SMILES string of the molecule is CCC1CCN(C(=O)c2ccc(OC)c(Br)c2)CC1. The summed E-state index contributed by atoms with van der Waals surface area (Å²) < 4.78 is 6.01. The van der Waals surface area contributed by atoms with Crippen molar-refractivity contribution < 1.29 is 9.53 Å². The van der Waals surface area contributed by atoms with Crippen molar-refractivity contribution in [2.75, 3.05) is 20.2 Å². The molecule has 1 saturated heterocycles. The summed E-state index contributed by atoms with van der Waals surface area (Å²) in [6.07, 6.45) is 3.47. The minimum absolute atomic E-state index is 0.123. The first kappa shape index (κ1) is 14.4. The largest absolute Gasteiger partial charge is 0.496 e. The molecule has 2 rings (SSSR count). The van der Waals surface area contributed by atoms with Crippen molar-refractivity contribution in [3.05, 3.63) is 28.2 Å². The highest BCUT2D eigenvalue weighted by molar-refractivity contribution is 9.10. The Hall–Kier alpha value is -1.03. The number of likely N-dealkylation sites (tertiary alicyclic amines) is 1. The van der Waals surface area contributed by atoms with Gasteiger partial charge in [-0.2, -0.15) is 0 Å². The molecule has 1 fully saturated rings. The van der Waals surface area contributed by atoms with Crippen LogP contribution in [0.5, 0.6) is 5.75 Å². The van der Waals surface area contributed by atoms with Crippen molar-refractivity contribution in [2.45, 2.75) is 26.2 Å². The molecule has 0 bridgehead atoms. The fraction of sp³-hybridized carbons (Fsp3) is 0.533. The molecule has 19 heavy (non-hydrogen) atoms. The van der Waals surface area contributed by atoms with E-state index in [2.05, 4.69) is 22.9 Å². The monoisotopic (exact) mass is 325 g/mol. The topological polar surface area (TPSA) is 29.5 Å². The Morgan fingerprint density at radius 1 is 1.42 bits per heavy atom. The number of ether oxygens (including phenoxy) is 1. The summed E-state index contributed by atoms with van der Waals surface area (Å²) in [5.41, 5.74) is 0.725. The molecule has 0 atom stereocenters. The van der Waals surface area contributed by atoms with Gasteiger partial charge in [-0.05, 0) is 52.9 Å². The third kappa shape index (κ3) is 3.30. The van der Waals surface area contributed by atoms with Crippen LogP contribution >= 0.6 is 15.9 Å². The first-order chi connectivity index (χ1) is 9.15. The number of rotatable bonds is 3. The zero-order valence-corrected chi connectivity index (χ0v) is 13.1. The summed E-state index contributed by atoms with van der Waals surface area (Å²) in [6.45, 7) is 3.98. The van der Waals surface area contributed by atoms with E-state index in [4.69, 9.17) is 4.74 Å². The lowest BCUT2D eigenvalue weighted by Gasteiger charge is -2.31. The number of benzene rings is 1. The predicted molar refractivity (Wildman–Crippen MR) is 79.6 cm³/mol. The number of piperidine rings is 1. The lowest BCUT2D eigenvalue weighted by molar-refractivity contribution is 0.0688. The number of halogens is 1. The van der Waals surface area contributed by atoms with Crippen LogP contribution in [-0.2, 0) is 0 Å². The Balaban J connectivity index is 2.06. The molecule has 1 aromatic carbocycles. The smallest absolute Gasteiger partial charge is 0.253 e. The van der Waals surface area contributed by atoms with Crippen molar-refractivity contribution in [2.24, 2.45) is 5.92 Å². The molecule has 0 aliphatic carbocycles. The van der Waals surface area contributed by atoms with Crippen LogP contribution in [0.3, 0.4) is 0 Å². The number of amides is 1. The summed E-state index contributed by atoms with van der Waals surface area (Å²) in [7, 11) is 1.62. The predicted octanol–water partition coefficient (Wildman–Crippen LogP) is 3.72. The van der Waals surface area contributed by atoms with Gasteiger partial charge in [-0.25, -0.2) is 0 Å². The van der Waals surface area contributed by atoms with Gasteiger partial charge in [-0.3, -0.25) is 4.79 Å². The van der Waals surface area contributed by atoms with Gasteiger partial charge in [0.05, 0.1) is 11.6 Å². The van der Waals surface area contributed by atoms with Gasteiger partial charge >= 0.3 is 0 Å². The van der Waals surface area contributed by atoms with Crippen molar-refractivity contribution >= 4 is 21.8 Å². The second-order valence-corrected chi connectivity index (χ2v) is 5.85. The van der Waals surface area contributed by atoms with E-state index < -0.39 is 0 Å². The number of carbonyl (C=O) groups is 1. The van der Waals surface area contributed by atoms with E-state index in [1.807, 2.05) is 23.1 Å². The number of carbonyl (C=O) groups excluding carboxylic acids is 1. The van der Waals surface area contributed by atoms with Crippen LogP contribution in [0.25, 0.3) is 0 Å². The Morgan fingerprint density at radius 2 is 2.11 bits per heavy atom. The molecular formula is C15H20BrNO2. The summed E-state index contributed by atoms with van der Waals surface area (Å²) in [4.78, 5) is 14.4. The molecule has 1 aliphatic heterocycles. The Labute approximate surface area is 123 Å². The molecule has 4 heteroatoms. The van der Waals surface area contributed by atoms with Crippen LogP contribution in [0.4, 0.5) is 0 Å². The highest BCUT2D eigenvalue weighted by atomic mass is 79.9. The van der Waals surface area contributed by atoms with E-state index in [-0.39, 0.29) is 5.91 Å². The Morgan fingerprint density at radius 3 is 2.63 bits per heavy atom. The molecule has 0 unspecified atom stereocenters. The highest BCUT2D eigenvalue weighted by Gasteiger charge is 2.23. The van der Waals surface area contributed by atoms with Crippen molar-refractivity contribution in [3.63, 3.8) is 0 Å². The van der Waals surface area contributed by atoms with E-state index in [1.165, 1.54) is 6.42 Å². The van der Waals surface area contributed by atoms with Gasteiger partial charge in [0.25, 0.3) is 5.91 Å². The van der Waals surface area contributed by atoms with Gasteiger partial charge in [-0.15, -0.1) is 0 Å². The Kier molecular flexibility index (Phi) is 4.86. The van der Waals surface area contributed by atoms with E-state index >= 15 is 0 Å². The second-order valence-electron chi connectivity index (χ2n) is 4.99. The maximum atomic E-state index is 12.4. The van der Waals surface area contributed by atoms with Crippen molar-refractivity contribution in [3.8, 4) is 5.75 Å². The molecule has 0 saturated carbocycles. The molecule has 0 spiro atoms. The fourth-order valence-corrected chi connectivity index (χ4v) is 3.07. The molecule has 3 nitrogen and oxygen atoms in total. The quantitative estimate of drug-likeness (QED) is 0.847. The number of methoxy groups -OCH3 is 1. The van der Waals surface area contributed by atoms with E-state index in [0.29, 0.717) is 0 Å². The molecule has 0 N–H and O–H groups in total. The van der Waals surface area contributed by atoms with E-state index in [0.717, 1.165) is 47.6 Å². The molecule has 1 amide bonds. The average molecular weight is 326 g/mol. The standard InChI is InChI=1S/C15H20BrNO2/c1-3-11-6-8-17(9-7-11)15(18)12-4-5-14(19-2)13(16)10-12/h4-5,10-11H,3,6-9H2,1-2H3. The van der Waals surface area contributed by atoms with Crippen LogP contribution < -0.4 is 4.74 Å². The van der Waals surface area contributed by atoms with Crippen LogP contribution in [-0.4, -0.2) is 31.0 Å². The summed E-state index contributed by atoms with van der Waals surface area (Å²) >= 11 is 3.42. The average Bonchev–Trinajstić information content (AvgIpc) is 2.46. The maximum Gasteiger partial charge on any atom is 0.253 e. The van der Waals surface area contributed by atoms with Crippen LogP contribution in [0.1, 0.15) is 36.5 Å². The van der Waals surface area contributed by atoms with Gasteiger partial charge in [0.1, 0.15) is 5.75 Å². The van der Waals surface area contributed by atoms with E-state index in [1.54, 1.807) is 7.11 Å². The van der Waals surface area contributed by atoms with E-state index in [9.17, 15) is 4.79 Å². The lowest BCUT2D eigenvalue weighted by Crippen LogP contribution is -2.38. The first-order valence-corrected chi connectivity index (χ1v) is 7.57. The van der Waals surface area contributed by atoms with Gasteiger partial charge in [0, 0.05) is 18.7 Å². The molecule has 1 heterocycles. The zero-order valence-electron chi connectivity index (χ0n) is 11.5. The maximum absolute atomic E-state index is 12.4. The van der Waals surface area contributed by atoms with Gasteiger partial charge < -0.3 is 9.64 Å². The third-order valence-electron chi connectivity index (χ3n) is 3.88. The fourth-order valence-electron chi connectivity index (χ4n) is 2.53. The lowest BCUT2D eigenvalue weighted by atomic mass is 9.94. The van der Waals surface area contributed by atoms with Crippen molar-refractivity contribution in [1.82, 2.24) is 4.90 Å². The molecule has 0 radical (unpaired) electrons. The third-order valence-corrected chi connectivity index (χ3v) is 4.50. The molecule has 1 aromatic rings. The minimum Gasteiger partial charge on any atom is -0.496 e. The minimum atomic E-state index is 0.123.